The molecule has 1 aromatic carbocycles. The maximum Gasteiger partial charge on any atom is 0.258 e. The fraction of sp³-hybridized carbons (Fsp3) is 0.300. The third-order valence-electron chi connectivity index (χ3n) is 1.85. The summed E-state index contributed by atoms with van der Waals surface area (Å²) in [4.78, 5) is 10.7. The van der Waals surface area contributed by atoms with Gasteiger partial charge in [0.05, 0.1) is 6.61 Å². The fourth-order valence-corrected chi connectivity index (χ4v) is 0.998. The standard InChI is InChI=1S/C10H13NO3/c1-7(10(11)13)14-9-5-3-2-4-8(9)6-12/h2-5,7,12H,6H2,1H3,(H2,11,13). The first kappa shape index (κ1) is 10.5. The Morgan fingerprint density at radius 2 is 2.21 bits per heavy atom. The monoisotopic (exact) mass is 195 g/mol. The molecule has 0 aromatic heterocycles. The zero-order valence-electron chi connectivity index (χ0n) is 7.93. The zero-order chi connectivity index (χ0) is 10.6. The van der Waals surface area contributed by atoms with Gasteiger partial charge in [-0.15, -0.1) is 0 Å². The van der Waals surface area contributed by atoms with Crippen molar-refractivity contribution >= 4 is 5.91 Å². The van der Waals surface area contributed by atoms with E-state index in [2.05, 4.69) is 0 Å². The van der Waals surface area contributed by atoms with Gasteiger partial charge in [0.15, 0.2) is 6.10 Å². The molecule has 0 saturated carbocycles. The van der Waals surface area contributed by atoms with Crippen molar-refractivity contribution in [1.82, 2.24) is 0 Å². The lowest BCUT2D eigenvalue weighted by Gasteiger charge is -2.13. The number of carbonyl (C=O) groups is 1. The number of nitrogens with two attached hydrogens (primary N) is 1. The van der Waals surface area contributed by atoms with Crippen molar-refractivity contribution in [2.75, 3.05) is 0 Å². The Morgan fingerprint density at radius 1 is 1.57 bits per heavy atom. The van der Waals surface area contributed by atoms with Gasteiger partial charge in [0.25, 0.3) is 5.91 Å². The van der Waals surface area contributed by atoms with E-state index in [1.54, 1.807) is 31.2 Å². The number of benzene rings is 1. The molecule has 0 spiro atoms. The minimum atomic E-state index is -0.692. The minimum Gasteiger partial charge on any atom is -0.481 e. The summed E-state index contributed by atoms with van der Waals surface area (Å²) >= 11 is 0. The molecule has 0 radical (unpaired) electrons. The molecule has 1 amide bonds. The summed E-state index contributed by atoms with van der Waals surface area (Å²) in [6.45, 7) is 1.44. The quantitative estimate of drug-likeness (QED) is 0.731. The first-order chi connectivity index (χ1) is 6.65. The zero-order valence-corrected chi connectivity index (χ0v) is 7.93. The summed E-state index contributed by atoms with van der Waals surface area (Å²) in [6, 6.07) is 6.96. The molecule has 1 rings (SSSR count). The van der Waals surface area contributed by atoms with Gasteiger partial charge < -0.3 is 15.6 Å². The highest BCUT2D eigenvalue weighted by molar-refractivity contribution is 5.78. The number of para-hydroxylation sites is 1. The molecule has 0 aliphatic carbocycles. The highest BCUT2D eigenvalue weighted by atomic mass is 16.5. The Labute approximate surface area is 82.3 Å². The number of ether oxygens (including phenoxy) is 1. The molecule has 0 aliphatic rings. The van der Waals surface area contributed by atoms with Crippen molar-refractivity contribution in [3.63, 3.8) is 0 Å². The summed E-state index contributed by atoms with van der Waals surface area (Å²) in [6.07, 6.45) is -0.692. The van der Waals surface area contributed by atoms with Crippen molar-refractivity contribution in [2.24, 2.45) is 5.73 Å². The SMILES string of the molecule is CC(Oc1ccccc1CO)C(N)=O. The van der Waals surface area contributed by atoms with Crippen LogP contribution < -0.4 is 10.5 Å². The minimum absolute atomic E-state index is 0.123. The molecule has 1 unspecified atom stereocenters. The van der Waals surface area contributed by atoms with Crippen LogP contribution in [0.25, 0.3) is 0 Å². The topological polar surface area (TPSA) is 72.6 Å². The van der Waals surface area contributed by atoms with Crippen LogP contribution in [-0.4, -0.2) is 17.1 Å². The van der Waals surface area contributed by atoms with E-state index in [9.17, 15) is 4.79 Å². The second-order valence-electron chi connectivity index (χ2n) is 2.93. The van der Waals surface area contributed by atoms with Gasteiger partial charge in [-0.2, -0.15) is 0 Å². The van der Waals surface area contributed by atoms with Gasteiger partial charge in [-0.25, -0.2) is 0 Å². The predicted octanol–water partition coefficient (Wildman–Crippen LogP) is 0.432. The molecular weight excluding hydrogens is 182 g/mol. The molecule has 76 valence electrons. The molecule has 0 bridgehead atoms. The van der Waals surface area contributed by atoms with E-state index in [1.807, 2.05) is 0 Å². The fourth-order valence-electron chi connectivity index (χ4n) is 0.998. The number of hydrogen-bond donors (Lipinski definition) is 2. The van der Waals surface area contributed by atoms with Crippen molar-refractivity contribution < 1.29 is 14.6 Å². The van der Waals surface area contributed by atoms with E-state index in [-0.39, 0.29) is 6.61 Å². The lowest BCUT2D eigenvalue weighted by atomic mass is 10.2. The first-order valence-corrected chi connectivity index (χ1v) is 4.30. The molecule has 0 saturated heterocycles. The number of hydrogen-bond acceptors (Lipinski definition) is 3. The van der Waals surface area contributed by atoms with E-state index >= 15 is 0 Å². The average molecular weight is 195 g/mol. The van der Waals surface area contributed by atoms with Crippen LogP contribution >= 0.6 is 0 Å². The lowest BCUT2D eigenvalue weighted by molar-refractivity contribution is -0.124. The average Bonchev–Trinajstić information content (AvgIpc) is 2.18. The van der Waals surface area contributed by atoms with Crippen LogP contribution in [0.3, 0.4) is 0 Å². The maximum absolute atomic E-state index is 10.7. The van der Waals surface area contributed by atoms with Crippen molar-refractivity contribution in [2.45, 2.75) is 19.6 Å². The van der Waals surface area contributed by atoms with Crippen molar-refractivity contribution in [3.8, 4) is 5.75 Å². The number of primary amides is 1. The summed E-state index contributed by atoms with van der Waals surface area (Å²) < 4.78 is 5.26. The van der Waals surface area contributed by atoms with Gasteiger partial charge in [0, 0.05) is 5.56 Å². The Kier molecular flexibility index (Phi) is 3.48. The molecule has 4 heteroatoms. The normalized spacial score (nSPS) is 12.1. The molecule has 0 fully saturated rings. The molecule has 14 heavy (non-hydrogen) atoms. The van der Waals surface area contributed by atoms with Gasteiger partial charge in [-0.3, -0.25) is 4.79 Å². The smallest absolute Gasteiger partial charge is 0.258 e. The molecule has 0 heterocycles. The van der Waals surface area contributed by atoms with Gasteiger partial charge >= 0.3 is 0 Å². The highest BCUT2D eigenvalue weighted by Crippen LogP contribution is 2.18. The summed E-state index contributed by atoms with van der Waals surface area (Å²) in [5.74, 6) is -0.0426. The van der Waals surface area contributed by atoms with E-state index in [1.165, 1.54) is 0 Å². The maximum atomic E-state index is 10.7. The van der Waals surface area contributed by atoms with Crippen LogP contribution in [0, 0.1) is 0 Å². The first-order valence-electron chi connectivity index (χ1n) is 4.30. The Bertz CT molecular complexity index is 325. The molecule has 0 aliphatic heterocycles. The van der Waals surface area contributed by atoms with E-state index in [0.717, 1.165) is 0 Å². The van der Waals surface area contributed by atoms with Crippen molar-refractivity contribution in [3.05, 3.63) is 29.8 Å². The summed E-state index contributed by atoms with van der Waals surface area (Å²) in [7, 11) is 0. The van der Waals surface area contributed by atoms with Crippen LogP contribution in [0.4, 0.5) is 0 Å². The van der Waals surface area contributed by atoms with Gasteiger partial charge in [-0.1, -0.05) is 18.2 Å². The third kappa shape index (κ3) is 2.47. The van der Waals surface area contributed by atoms with E-state index in [0.29, 0.717) is 11.3 Å². The van der Waals surface area contributed by atoms with Gasteiger partial charge in [0.1, 0.15) is 5.75 Å². The predicted molar refractivity (Wildman–Crippen MR) is 51.6 cm³/mol. The van der Waals surface area contributed by atoms with Crippen molar-refractivity contribution in [1.29, 1.82) is 0 Å². The van der Waals surface area contributed by atoms with Crippen LogP contribution in [0.2, 0.25) is 0 Å². The largest absolute Gasteiger partial charge is 0.481 e. The molecule has 1 atom stereocenters. The summed E-state index contributed by atoms with van der Waals surface area (Å²) in [5, 5.41) is 8.97. The molecule has 3 N–H and O–H groups in total. The van der Waals surface area contributed by atoms with E-state index in [4.69, 9.17) is 15.6 Å². The second kappa shape index (κ2) is 4.62. The third-order valence-corrected chi connectivity index (χ3v) is 1.85. The van der Waals surface area contributed by atoms with Crippen LogP contribution in [0.5, 0.6) is 5.75 Å². The molecule has 4 nitrogen and oxygen atoms in total. The number of aliphatic hydroxyl groups is 1. The Morgan fingerprint density at radius 3 is 2.79 bits per heavy atom. The number of amides is 1. The van der Waals surface area contributed by atoms with Gasteiger partial charge in [-0.05, 0) is 13.0 Å². The number of aliphatic hydroxyl groups excluding tert-OH is 1. The van der Waals surface area contributed by atoms with Crippen LogP contribution in [-0.2, 0) is 11.4 Å². The second-order valence-corrected chi connectivity index (χ2v) is 2.93. The van der Waals surface area contributed by atoms with E-state index < -0.39 is 12.0 Å². The van der Waals surface area contributed by atoms with Crippen LogP contribution in [0.15, 0.2) is 24.3 Å². The van der Waals surface area contributed by atoms with Crippen LogP contribution in [0.1, 0.15) is 12.5 Å². The molecular formula is C10H13NO3. The lowest BCUT2D eigenvalue weighted by Crippen LogP contribution is -2.30. The number of rotatable bonds is 4. The Hall–Kier alpha value is -1.55. The van der Waals surface area contributed by atoms with Gasteiger partial charge in [0.2, 0.25) is 0 Å². The summed E-state index contributed by atoms with van der Waals surface area (Å²) in [5.41, 5.74) is 5.69. The highest BCUT2D eigenvalue weighted by Gasteiger charge is 2.11. The Balaban J connectivity index is 2.80. The molecule has 1 aromatic rings. The number of carbonyl (C=O) groups excluding carboxylic acids is 1.